The van der Waals surface area contributed by atoms with Crippen molar-refractivity contribution in [1.82, 2.24) is 0 Å². The summed E-state index contributed by atoms with van der Waals surface area (Å²) in [7, 11) is 0. The van der Waals surface area contributed by atoms with E-state index in [0.29, 0.717) is 38.7 Å². The van der Waals surface area contributed by atoms with Crippen molar-refractivity contribution in [3.63, 3.8) is 0 Å². The van der Waals surface area contributed by atoms with Crippen molar-refractivity contribution in [1.29, 1.82) is 0 Å². The molecule has 15 heteroatoms. The fraction of sp³-hybridized carbons (Fsp3) is 0.326. The number of allylic oxidation sites excluding steroid dienone is 4. The van der Waals surface area contributed by atoms with E-state index in [1.54, 1.807) is 24.3 Å². The number of alkyl halides is 12. The van der Waals surface area contributed by atoms with Gasteiger partial charge in [-0.3, -0.25) is 0 Å². The second-order valence-electron chi connectivity index (χ2n) is 16.2. The average molecular weight is 943 g/mol. The molecule has 0 amide bonds. The Balaban J connectivity index is 0.00000372. The van der Waals surface area contributed by atoms with Crippen LogP contribution in [0.25, 0.3) is 11.1 Å². The summed E-state index contributed by atoms with van der Waals surface area (Å²) in [6.07, 6.45) is -14.5. The Kier molecular flexibility index (Phi) is 13.1. The van der Waals surface area contributed by atoms with E-state index in [1.807, 2.05) is 71.9 Å². The van der Waals surface area contributed by atoms with Crippen LogP contribution in [0, 0.1) is 0 Å². The predicted molar refractivity (Wildman–Crippen MR) is 190 cm³/mol. The molecule has 0 aliphatic heterocycles. The molecule has 4 aromatic carbocycles. The second-order valence-corrected chi connectivity index (χ2v) is 22.4. The smallest absolute Gasteiger partial charge is 1.00 e. The molecule has 0 spiro atoms. The van der Waals surface area contributed by atoms with E-state index in [9.17, 15) is 52.7 Å². The van der Waals surface area contributed by atoms with Gasteiger partial charge in [0.1, 0.15) is 0 Å². The largest absolute Gasteiger partial charge is 1.00 e. The standard InChI is InChI=1S/C21H25.C17H6F12.C5H5.2ClH.Zr/c1-20(2,3)16-7-9-18-14(12-16)11-15-13-17(21(4,5)6)8-10-19(15)18;18-14(19,20)10-2-8(3-11(6-10)15(21,22)23)1-9-4-12(16(24,25)26)7-13(5-9)17(27,28)29;1-2-4-5-3-1;;;/h7-10,12H,11H2,1-6H3;2-7H;1-5H;2*1H;/q;;;;;+2/p-2. The van der Waals surface area contributed by atoms with Crippen molar-refractivity contribution < 1.29 is 98.8 Å². The molecule has 2 aliphatic rings. The monoisotopic (exact) mass is 940 g/mol. The molecule has 0 fully saturated rings. The van der Waals surface area contributed by atoms with Crippen LogP contribution >= 0.6 is 0 Å². The Morgan fingerprint density at radius 3 is 1.29 bits per heavy atom. The third kappa shape index (κ3) is 9.57. The fourth-order valence-corrected chi connectivity index (χ4v) is 16.6. The van der Waals surface area contributed by atoms with Crippen molar-refractivity contribution in [2.75, 3.05) is 0 Å². The van der Waals surface area contributed by atoms with E-state index in [0.717, 1.165) is 22.3 Å². The maximum atomic E-state index is 14.5. The van der Waals surface area contributed by atoms with Gasteiger partial charge in [-0.25, -0.2) is 0 Å². The van der Waals surface area contributed by atoms with E-state index in [-0.39, 0.29) is 52.0 Å². The van der Waals surface area contributed by atoms with Crippen LogP contribution in [-0.4, -0.2) is 3.21 Å². The predicted octanol–water partition coefficient (Wildman–Crippen LogP) is 7.36. The Morgan fingerprint density at radius 1 is 0.500 bits per heavy atom. The molecule has 0 N–H and O–H groups in total. The van der Waals surface area contributed by atoms with Gasteiger partial charge in [0.15, 0.2) is 0 Å². The van der Waals surface area contributed by atoms with Crippen molar-refractivity contribution in [2.24, 2.45) is 0 Å². The zero-order valence-corrected chi connectivity index (χ0v) is 35.7. The zero-order valence-electron chi connectivity index (χ0n) is 31.7. The molecule has 0 bridgehead atoms. The first-order chi connectivity index (χ1) is 25.5. The van der Waals surface area contributed by atoms with Crippen molar-refractivity contribution >= 4 is 6.48 Å². The summed E-state index contributed by atoms with van der Waals surface area (Å²) in [4.78, 5) is 0. The van der Waals surface area contributed by atoms with E-state index in [1.165, 1.54) is 0 Å². The Morgan fingerprint density at radius 2 is 0.914 bits per heavy atom. The molecule has 0 aromatic heterocycles. The quantitative estimate of drug-likeness (QED) is 0.166. The van der Waals surface area contributed by atoms with Crippen LogP contribution in [0.5, 0.6) is 0 Å². The van der Waals surface area contributed by atoms with Gasteiger partial charge in [0.2, 0.25) is 0 Å². The minimum atomic E-state index is -5.35. The van der Waals surface area contributed by atoms with Gasteiger partial charge in [0.05, 0.1) is 0 Å². The third-order valence-corrected chi connectivity index (χ3v) is 18.2. The molecule has 0 heterocycles. The van der Waals surface area contributed by atoms with Gasteiger partial charge in [0.25, 0.3) is 0 Å². The molecule has 2 aliphatic carbocycles. The van der Waals surface area contributed by atoms with Crippen LogP contribution in [-0.2, 0) is 63.2 Å². The molecule has 0 atom stereocenters. The SMILES string of the molecule is CC(C)(C)c1ccc2c(c1)Cc1c-2ccc(C(C)(C)C)[c]1[Zr+2](=[C](c1cc(C(F)(F)F)cc(C(F)(F)F)c1)c1cc(C(F)(F)F)cc(C(F)(F)F)c1)[CH]1C=CC=C1.[Cl-].[Cl-]. The summed E-state index contributed by atoms with van der Waals surface area (Å²) in [6.45, 7) is 11.7. The van der Waals surface area contributed by atoms with E-state index in [2.05, 4.69) is 0 Å². The summed E-state index contributed by atoms with van der Waals surface area (Å²) in [5, 5.41) is 0. The first kappa shape index (κ1) is 47.5. The number of hydrogen-bond donors (Lipinski definition) is 0. The fourth-order valence-electron chi connectivity index (χ4n) is 7.43. The number of rotatable bonds is 4. The molecule has 0 unspecified atom stereocenters. The van der Waals surface area contributed by atoms with Gasteiger partial charge in [-0.1, -0.05) is 0 Å². The molecule has 0 saturated carbocycles. The number of hydrogen-bond acceptors (Lipinski definition) is 0. The maximum absolute atomic E-state index is 14.5. The van der Waals surface area contributed by atoms with Gasteiger partial charge in [0, 0.05) is 0 Å². The topological polar surface area (TPSA) is 0 Å². The van der Waals surface area contributed by atoms with Gasteiger partial charge >= 0.3 is 325 Å². The minimum Gasteiger partial charge on any atom is -1.00 e. The molecular weight excluding hydrogens is 907 g/mol. The van der Waals surface area contributed by atoms with Crippen molar-refractivity contribution in [2.45, 2.75) is 87.1 Å². The summed E-state index contributed by atoms with van der Waals surface area (Å²) >= 11 is -4.52. The maximum Gasteiger partial charge on any atom is -1.00 e. The molecule has 310 valence electrons. The van der Waals surface area contributed by atoms with E-state index in [4.69, 9.17) is 0 Å². The van der Waals surface area contributed by atoms with Crippen LogP contribution in [0.1, 0.15) is 97.2 Å². The van der Waals surface area contributed by atoms with E-state index >= 15 is 0 Å². The van der Waals surface area contributed by atoms with Crippen molar-refractivity contribution in [3.05, 3.63) is 147 Å². The number of halogens is 14. The Labute approximate surface area is 348 Å². The van der Waals surface area contributed by atoms with Gasteiger partial charge in [-0.2, -0.15) is 0 Å². The van der Waals surface area contributed by atoms with Crippen LogP contribution in [0.2, 0.25) is 3.63 Å². The van der Waals surface area contributed by atoms with Gasteiger partial charge in [-0.15, -0.1) is 0 Å². The third-order valence-electron chi connectivity index (χ3n) is 10.1. The first-order valence-electron chi connectivity index (χ1n) is 17.5. The Bertz CT molecular complexity index is 2160. The average Bonchev–Trinajstić information content (AvgIpc) is 3.72. The Hall–Kier alpha value is -3.15. The van der Waals surface area contributed by atoms with Crippen LogP contribution in [0.3, 0.4) is 0 Å². The molecule has 4 aromatic rings. The molecule has 0 radical (unpaired) electrons. The number of fused-ring (bicyclic) bond motifs is 3. The van der Waals surface area contributed by atoms with Gasteiger partial charge in [-0.05, 0) is 0 Å². The minimum absolute atomic E-state index is 0. The van der Waals surface area contributed by atoms with Crippen LogP contribution in [0.15, 0.2) is 91.0 Å². The first-order valence-corrected chi connectivity index (χ1v) is 21.4. The van der Waals surface area contributed by atoms with Gasteiger partial charge < -0.3 is 24.8 Å². The molecule has 58 heavy (non-hydrogen) atoms. The summed E-state index contributed by atoms with van der Waals surface area (Å²) in [5.41, 5.74) is -4.54. The molecular formula is C43H36Cl2F12Zr. The van der Waals surface area contributed by atoms with E-state index < -0.39 is 88.4 Å². The summed E-state index contributed by atoms with van der Waals surface area (Å²) in [5.74, 6) is 0. The van der Waals surface area contributed by atoms with Crippen LogP contribution in [0.4, 0.5) is 52.7 Å². The molecule has 0 saturated heterocycles. The second kappa shape index (κ2) is 16.0. The molecule has 6 rings (SSSR count). The number of benzene rings is 4. The normalized spacial score (nSPS) is 14.4. The zero-order chi connectivity index (χ0) is 41.6. The summed E-state index contributed by atoms with van der Waals surface area (Å²) < 4.78 is 173. The van der Waals surface area contributed by atoms with Crippen LogP contribution < -0.4 is 28.1 Å². The molecule has 0 nitrogen and oxygen atoms in total. The summed E-state index contributed by atoms with van der Waals surface area (Å²) in [6, 6.07) is 11.1. The van der Waals surface area contributed by atoms with Crippen molar-refractivity contribution in [3.8, 4) is 11.1 Å².